The van der Waals surface area contributed by atoms with Crippen LogP contribution >= 0.6 is 15.9 Å². The highest BCUT2D eigenvalue weighted by molar-refractivity contribution is 9.10. The van der Waals surface area contributed by atoms with Gasteiger partial charge in [-0.2, -0.15) is 0 Å². The van der Waals surface area contributed by atoms with Crippen molar-refractivity contribution in [2.24, 2.45) is 0 Å². The number of hydrogen-bond acceptors (Lipinski definition) is 4. The Balaban J connectivity index is 2.35. The van der Waals surface area contributed by atoms with Crippen molar-refractivity contribution in [1.29, 1.82) is 0 Å². The molecule has 0 aliphatic heterocycles. The number of halogens is 1. The third-order valence-corrected chi connectivity index (χ3v) is 3.80. The molecule has 21 heavy (non-hydrogen) atoms. The van der Waals surface area contributed by atoms with E-state index in [1.165, 1.54) is 18.2 Å². The molecule has 3 N–H and O–H groups in total. The summed E-state index contributed by atoms with van der Waals surface area (Å²) in [6.07, 6.45) is 0. The van der Waals surface area contributed by atoms with E-state index in [0.717, 1.165) is 10.0 Å². The quantitative estimate of drug-likeness (QED) is 0.503. The second kappa shape index (κ2) is 5.92. The minimum Gasteiger partial charge on any atom is -0.393 e. The van der Waals surface area contributed by atoms with Gasteiger partial charge in [0.1, 0.15) is 11.3 Å². The first kappa shape index (κ1) is 15.0. The number of aryl methyl sites for hydroxylation is 1. The van der Waals surface area contributed by atoms with Gasteiger partial charge < -0.3 is 11.1 Å². The molecule has 0 bridgehead atoms. The highest BCUT2D eigenvalue weighted by Crippen LogP contribution is 2.27. The topological polar surface area (TPSA) is 98.3 Å². The van der Waals surface area contributed by atoms with E-state index in [0.29, 0.717) is 5.69 Å². The standard InChI is InChI=1S/C14H12BrN3O3/c1-8-7-9(5-6-11(8)15)17-14(19)10-3-2-4-12(16)13(10)18(20)21/h2-7H,16H2,1H3,(H,17,19). The summed E-state index contributed by atoms with van der Waals surface area (Å²) in [6.45, 7) is 1.88. The Morgan fingerprint density at radius 1 is 1.33 bits per heavy atom. The molecule has 2 rings (SSSR count). The van der Waals surface area contributed by atoms with Gasteiger partial charge in [0.25, 0.3) is 5.91 Å². The van der Waals surface area contributed by atoms with Gasteiger partial charge in [-0.05, 0) is 42.8 Å². The van der Waals surface area contributed by atoms with Crippen LogP contribution in [0.25, 0.3) is 0 Å². The molecule has 0 fully saturated rings. The summed E-state index contributed by atoms with van der Waals surface area (Å²) < 4.78 is 0.912. The van der Waals surface area contributed by atoms with Gasteiger partial charge in [-0.25, -0.2) is 0 Å². The number of nitro groups is 1. The van der Waals surface area contributed by atoms with E-state index in [9.17, 15) is 14.9 Å². The number of nitrogens with one attached hydrogen (secondary N) is 1. The lowest BCUT2D eigenvalue weighted by molar-refractivity contribution is -0.384. The van der Waals surface area contributed by atoms with Crippen LogP contribution in [0.3, 0.4) is 0 Å². The normalized spacial score (nSPS) is 10.2. The molecule has 0 atom stereocenters. The Kier molecular flexibility index (Phi) is 4.23. The second-order valence-corrected chi connectivity index (χ2v) is 5.27. The Labute approximate surface area is 129 Å². The van der Waals surface area contributed by atoms with Crippen molar-refractivity contribution < 1.29 is 9.72 Å². The monoisotopic (exact) mass is 349 g/mol. The summed E-state index contributed by atoms with van der Waals surface area (Å²) in [7, 11) is 0. The average Bonchev–Trinajstić information content (AvgIpc) is 2.42. The molecule has 0 saturated carbocycles. The van der Waals surface area contributed by atoms with Crippen molar-refractivity contribution in [3.8, 4) is 0 Å². The van der Waals surface area contributed by atoms with Crippen molar-refractivity contribution in [3.05, 3.63) is 62.1 Å². The van der Waals surface area contributed by atoms with Gasteiger partial charge in [0.05, 0.1) is 4.92 Å². The number of para-hydroxylation sites is 1. The van der Waals surface area contributed by atoms with Crippen LogP contribution in [0.1, 0.15) is 15.9 Å². The Hall–Kier alpha value is -2.41. The lowest BCUT2D eigenvalue weighted by Crippen LogP contribution is -2.15. The lowest BCUT2D eigenvalue weighted by atomic mass is 10.1. The molecule has 7 heteroatoms. The van der Waals surface area contributed by atoms with E-state index in [2.05, 4.69) is 21.2 Å². The van der Waals surface area contributed by atoms with Crippen LogP contribution in [-0.4, -0.2) is 10.8 Å². The van der Waals surface area contributed by atoms with Crippen molar-refractivity contribution in [2.75, 3.05) is 11.1 Å². The van der Waals surface area contributed by atoms with E-state index in [1.54, 1.807) is 18.2 Å². The molecule has 0 aromatic heterocycles. The maximum atomic E-state index is 12.2. The van der Waals surface area contributed by atoms with Crippen molar-refractivity contribution in [2.45, 2.75) is 6.92 Å². The highest BCUT2D eigenvalue weighted by Gasteiger charge is 2.23. The van der Waals surface area contributed by atoms with Gasteiger partial charge in [-0.3, -0.25) is 14.9 Å². The largest absolute Gasteiger partial charge is 0.393 e. The first-order chi connectivity index (χ1) is 9.90. The zero-order valence-corrected chi connectivity index (χ0v) is 12.7. The van der Waals surface area contributed by atoms with Gasteiger partial charge in [-0.15, -0.1) is 0 Å². The Morgan fingerprint density at radius 2 is 2.05 bits per heavy atom. The molecule has 0 heterocycles. The molecule has 2 aromatic carbocycles. The third kappa shape index (κ3) is 3.19. The molecule has 2 aromatic rings. The number of nitro benzene ring substituents is 1. The van der Waals surface area contributed by atoms with Crippen LogP contribution < -0.4 is 11.1 Å². The molecule has 0 aliphatic carbocycles. The molecule has 108 valence electrons. The number of nitrogens with two attached hydrogens (primary N) is 1. The van der Waals surface area contributed by atoms with Crippen LogP contribution in [0.2, 0.25) is 0 Å². The predicted molar refractivity (Wildman–Crippen MR) is 84.3 cm³/mol. The summed E-state index contributed by atoms with van der Waals surface area (Å²) in [4.78, 5) is 22.6. The van der Waals surface area contributed by atoms with E-state index < -0.39 is 10.8 Å². The number of nitrogen functional groups attached to an aromatic ring is 1. The summed E-state index contributed by atoms with van der Waals surface area (Å²) >= 11 is 3.36. The van der Waals surface area contributed by atoms with Gasteiger partial charge in [0.15, 0.2) is 0 Å². The fourth-order valence-corrected chi connectivity index (χ4v) is 2.12. The molecular formula is C14H12BrN3O3. The van der Waals surface area contributed by atoms with E-state index >= 15 is 0 Å². The van der Waals surface area contributed by atoms with Gasteiger partial charge in [0, 0.05) is 10.2 Å². The SMILES string of the molecule is Cc1cc(NC(=O)c2cccc(N)c2[N+](=O)[O-])ccc1Br. The minimum atomic E-state index is -0.656. The number of anilines is 2. The lowest BCUT2D eigenvalue weighted by Gasteiger charge is -2.08. The molecule has 0 spiro atoms. The summed E-state index contributed by atoms with van der Waals surface area (Å²) in [5, 5.41) is 13.7. The van der Waals surface area contributed by atoms with Crippen LogP contribution in [-0.2, 0) is 0 Å². The Morgan fingerprint density at radius 3 is 2.67 bits per heavy atom. The van der Waals surface area contributed by atoms with Gasteiger partial charge in [-0.1, -0.05) is 22.0 Å². The molecule has 6 nitrogen and oxygen atoms in total. The van der Waals surface area contributed by atoms with E-state index in [1.807, 2.05) is 6.92 Å². The zero-order chi connectivity index (χ0) is 15.6. The number of carbonyl (C=O) groups is 1. The smallest absolute Gasteiger partial charge is 0.304 e. The minimum absolute atomic E-state index is 0.0420. The number of benzene rings is 2. The number of hydrogen-bond donors (Lipinski definition) is 2. The summed E-state index contributed by atoms with van der Waals surface area (Å²) in [5.74, 6) is -0.573. The zero-order valence-electron chi connectivity index (χ0n) is 11.1. The second-order valence-electron chi connectivity index (χ2n) is 4.42. The van der Waals surface area contributed by atoms with E-state index in [-0.39, 0.29) is 16.9 Å². The number of carbonyl (C=O) groups excluding carboxylic acids is 1. The summed E-state index contributed by atoms with van der Waals surface area (Å²) in [5.41, 5.74) is 6.57. The molecule has 1 amide bonds. The van der Waals surface area contributed by atoms with Crippen molar-refractivity contribution >= 4 is 38.9 Å². The molecular weight excluding hydrogens is 338 g/mol. The summed E-state index contributed by atoms with van der Waals surface area (Å²) in [6, 6.07) is 9.52. The van der Waals surface area contributed by atoms with E-state index in [4.69, 9.17) is 5.73 Å². The molecule has 0 saturated heterocycles. The van der Waals surface area contributed by atoms with Crippen molar-refractivity contribution in [3.63, 3.8) is 0 Å². The van der Waals surface area contributed by atoms with Crippen LogP contribution in [0.4, 0.5) is 17.1 Å². The van der Waals surface area contributed by atoms with Gasteiger partial charge >= 0.3 is 5.69 Å². The molecule has 0 unspecified atom stereocenters. The molecule has 0 aliphatic rings. The third-order valence-electron chi connectivity index (χ3n) is 2.91. The first-order valence-electron chi connectivity index (χ1n) is 6.00. The first-order valence-corrected chi connectivity index (χ1v) is 6.80. The van der Waals surface area contributed by atoms with Crippen LogP contribution in [0.15, 0.2) is 40.9 Å². The maximum Gasteiger partial charge on any atom is 0.304 e. The van der Waals surface area contributed by atoms with Gasteiger partial charge in [0.2, 0.25) is 0 Å². The number of rotatable bonds is 3. The van der Waals surface area contributed by atoms with Crippen LogP contribution in [0.5, 0.6) is 0 Å². The average molecular weight is 350 g/mol. The number of amides is 1. The highest BCUT2D eigenvalue weighted by atomic mass is 79.9. The maximum absolute atomic E-state index is 12.2. The fourth-order valence-electron chi connectivity index (χ4n) is 1.87. The fraction of sp³-hybridized carbons (Fsp3) is 0.0714. The van der Waals surface area contributed by atoms with Crippen molar-refractivity contribution in [1.82, 2.24) is 0 Å². The van der Waals surface area contributed by atoms with Crippen LogP contribution in [0, 0.1) is 17.0 Å². The molecule has 0 radical (unpaired) electrons. The number of nitrogens with zero attached hydrogens (tertiary/aromatic N) is 1. The predicted octanol–water partition coefficient (Wildman–Crippen LogP) is 3.50. The Bertz CT molecular complexity index is 731.